The van der Waals surface area contributed by atoms with Crippen LogP contribution in [0.1, 0.15) is 31.2 Å². The van der Waals surface area contributed by atoms with Gasteiger partial charge in [-0.25, -0.2) is 0 Å². The number of hydrogen-bond acceptors (Lipinski definition) is 1. The molecule has 2 atom stereocenters. The van der Waals surface area contributed by atoms with Crippen LogP contribution in [0.4, 0.5) is 13.2 Å². The predicted molar refractivity (Wildman–Crippen MR) is 65.1 cm³/mol. The molecular formula is C14H18F3N. The molecule has 1 saturated carbocycles. The fourth-order valence-electron chi connectivity index (χ4n) is 2.84. The zero-order valence-corrected chi connectivity index (χ0v) is 10.2. The van der Waals surface area contributed by atoms with Gasteiger partial charge in [0.05, 0.1) is 5.92 Å². The maximum absolute atomic E-state index is 12.8. The first kappa shape index (κ1) is 13.4. The molecule has 4 heteroatoms. The van der Waals surface area contributed by atoms with Gasteiger partial charge in [0.2, 0.25) is 0 Å². The summed E-state index contributed by atoms with van der Waals surface area (Å²) in [7, 11) is 0. The molecule has 0 aromatic heterocycles. The van der Waals surface area contributed by atoms with Crippen molar-refractivity contribution in [2.24, 2.45) is 11.7 Å². The van der Waals surface area contributed by atoms with Gasteiger partial charge in [-0.05, 0) is 31.2 Å². The summed E-state index contributed by atoms with van der Waals surface area (Å²) in [5, 5.41) is 0. The fourth-order valence-corrected chi connectivity index (χ4v) is 2.84. The lowest BCUT2D eigenvalue weighted by atomic mass is 9.73. The van der Waals surface area contributed by atoms with Gasteiger partial charge >= 0.3 is 6.18 Å². The second-order valence-electron chi connectivity index (χ2n) is 5.36. The van der Waals surface area contributed by atoms with Gasteiger partial charge in [-0.3, -0.25) is 0 Å². The third-order valence-electron chi connectivity index (χ3n) is 3.74. The maximum Gasteiger partial charge on any atom is 0.391 e. The molecule has 1 aliphatic carbocycles. The number of halogens is 3. The van der Waals surface area contributed by atoms with Crippen LogP contribution in [-0.2, 0) is 6.42 Å². The summed E-state index contributed by atoms with van der Waals surface area (Å²) >= 11 is 0. The lowest BCUT2D eigenvalue weighted by Crippen LogP contribution is -2.48. The van der Waals surface area contributed by atoms with Gasteiger partial charge in [0, 0.05) is 5.54 Å². The molecule has 1 aromatic carbocycles. The molecule has 18 heavy (non-hydrogen) atoms. The first-order valence-electron chi connectivity index (χ1n) is 6.29. The van der Waals surface area contributed by atoms with E-state index in [0.717, 1.165) is 5.56 Å². The minimum absolute atomic E-state index is 0.0470. The summed E-state index contributed by atoms with van der Waals surface area (Å²) in [6.45, 7) is 0. The highest BCUT2D eigenvalue weighted by Crippen LogP contribution is 2.41. The lowest BCUT2D eigenvalue weighted by molar-refractivity contribution is -0.187. The van der Waals surface area contributed by atoms with E-state index >= 15 is 0 Å². The van der Waals surface area contributed by atoms with Crippen LogP contribution in [0.15, 0.2) is 30.3 Å². The van der Waals surface area contributed by atoms with Crippen molar-refractivity contribution in [2.75, 3.05) is 0 Å². The van der Waals surface area contributed by atoms with Gasteiger partial charge < -0.3 is 5.73 Å². The van der Waals surface area contributed by atoms with Crippen LogP contribution < -0.4 is 5.73 Å². The molecule has 1 fully saturated rings. The Hall–Kier alpha value is -1.03. The van der Waals surface area contributed by atoms with Gasteiger partial charge in [-0.2, -0.15) is 13.2 Å². The molecule has 0 aliphatic heterocycles. The zero-order valence-electron chi connectivity index (χ0n) is 10.2. The normalized spacial score (nSPS) is 29.2. The highest BCUT2D eigenvalue weighted by atomic mass is 19.4. The Morgan fingerprint density at radius 2 is 1.89 bits per heavy atom. The Bertz CT molecular complexity index is 388. The van der Waals surface area contributed by atoms with Crippen molar-refractivity contribution in [3.05, 3.63) is 35.9 Å². The predicted octanol–water partition coefficient (Wildman–Crippen LogP) is 3.68. The van der Waals surface area contributed by atoms with E-state index in [1.165, 1.54) is 0 Å². The van der Waals surface area contributed by atoms with Crippen LogP contribution in [0, 0.1) is 5.92 Å². The van der Waals surface area contributed by atoms with E-state index in [1.54, 1.807) is 0 Å². The van der Waals surface area contributed by atoms with Crippen LogP contribution >= 0.6 is 0 Å². The minimum Gasteiger partial charge on any atom is -0.325 e. The lowest BCUT2D eigenvalue weighted by Gasteiger charge is -2.38. The first-order chi connectivity index (χ1) is 8.39. The van der Waals surface area contributed by atoms with Crippen molar-refractivity contribution in [3.63, 3.8) is 0 Å². The van der Waals surface area contributed by atoms with Gasteiger partial charge in [-0.1, -0.05) is 36.8 Å². The molecule has 1 aromatic rings. The largest absolute Gasteiger partial charge is 0.391 e. The molecule has 2 unspecified atom stereocenters. The van der Waals surface area contributed by atoms with Crippen LogP contribution in [0.3, 0.4) is 0 Å². The Morgan fingerprint density at radius 3 is 2.50 bits per heavy atom. The van der Waals surface area contributed by atoms with E-state index < -0.39 is 17.6 Å². The van der Waals surface area contributed by atoms with Gasteiger partial charge in [-0.15, -0.1) is 0 Å². The SMILES string of the molecule is NC1(Cc2ccccc2)CCCC(C(F)(F)F)C1. The van der Waals surface area contributed by atoms with E-state index in [1.807, 2.05) is 30.3 Å². The molecule has 2 rings (SSSR count). The zero-order chi connectivity index (χ0) is 13.2. The topological polar surface area (TPSA) is 26.0 Å². The third kappa shape index (κ3) is 3.25. The van der Waals surface area contributed by atoms with E-state index in [-0.39, 0.29) is 12.8 Å². The molecule has 0 saturated heterocycles. The van der Waals surface area contributed by atoms with Gasteiger partial charge in [0.25, 0.3) is 0 Å². The van der Waals surface area contributed by atoms with Crippen molar-refractivity contribution in [2.45, 2.75) is 43.8 Å². The molecule has 0 bridgehead atoms. The summed E-state index contributed by atoms with van der Waals surface area (Å²) in [6, 6.07) is 9.52. The molecule has 2 N–H and O–H groups in total. The quantitative estimate of drug-likeness (QED) is 0.859. The van der Waals surface area contributed by atoms with E-state index in [9.17, 15) is 13.2 Å². The number of hydrogen-bond donors (Lipinski definition) is 1. The average Bonchev–Trinajstić information content (AvgIpc) is 2.28. The Labute approximate surface area is 105 Å². The fraction of sp³-hybridized carbons (Fsp3) is 0.571. The summed E-state index contributed by atoms with van der Waals surface area (Å²) in [5.41, 5.74) is 6.49. The molecule has 1 aliphatic rings. The monoisotopic (exact) mass is 257 g/mol. The van der Waals surface area contributed by atoms with Crippen molar-refractivity contribution < 1.29 is 13.2 Å². The van der Waals surface area contributed by atoms with Gasteiger partial charge in [0.15, 0.2) is 0 Å². The minimum atomic E-state index is -4.11. The van der Waals surface area contributed by atoms with Crippen molar-refractivity contribution in [3.8, 4) is 0 Å². The Balaban J connectivity index is 2.07. The summed E-state index contributed by atoms with van der Waals surface area (Å²) in [6.07, 6.45) is -2.08. The molecule has 0 heterocycles. The molecule has 0 amide bonds. The van der Waals surface area contributed by atoms with Crippen molar-refractivity contribution >= 4 is 0 Å². The van der Waals surface area contributed by atoms with Gasteiger partial charge in [0.1, 0.15) is 0 Å². The first-order valence-corrected chi connectivity index (χ1v) is 6.29. The molecular weight excluding hydrogens is 239 g/mol. The average molecular weight is 257 g/mol. The molecule has 1 nitrogen and oxygen atoms in total. The third-order valence-corrected chi connectivity index (χ3v) is 3.74. The Morgan fingerprint density at radius 1 is 1.22 bits per heavy atom. The van der Waals surface area contributed by atoms with E-state index in [0.29, 0.717) is 19.3 Å². The number of benzene rings is 1. The molecule has 0 radical (unpaired) electrons. The number of rotatable bonds is 2. The molecule has 0 spiro atoms. The van der Waals surface area contributed by atoms with Crippen molar-refractivity contribution in [1.29, 1.82) is 0 Å². The summed E-state index contributed by atoms with van der Waals surface area (Å²) in [5.74, 6) is -1.24. The van der Waals surface area contributed by atoms with Crippen LogP contribution in [0.2, 0.25) is 0 Å². The number of nitrogens with two attached hydrogens (primary N) is 1. The standard InChI is InChI=1S/C14H18F3N/c15-14(16,17)12-7-4-8-13(18,10-12)9-11-5-2-1-3-6-11/h1-3,5-6,12H,4,7-10,18H2. The second-order valence-corrected chi connectivity index (χ2v) is 5.36. The highest BCUT2D eigenvalue weighted by Gasteiger charge is 2.46. The van der Waals surface area contributed by atoms with Crippen LogP contribution in [-0.4, -0.2) is 11.7 Å². The second kappa shape index (κ2) is 4.92. The van der Waals surface area contributed by atoms with E-state index in [4.69, 9.17) is 5.73 Å². The van der Waals surface area contributed by atoms with Crippen molar-refractivity contribution in [1.82, 2.24) is 0 Å². The number of alkyl halides is 3. The summed E-state index contributed by atoms with van der Waals surface area (Å²) < 4.78 is 38.3. The van der Waals surface area contributed by atoms with Crippen LogP contribution in [0.25, 0.3) is 0 Å². The maximum atomic E-state index is 12.8. The van der Waals surface area contributed by atoms with Crippen LogP contribution in [0.5, 0.6) is 0 Å². The van der Waals surface area contributed by atoms with E-state index in [2.05, 4.69) is 0 Å². The smallest absolute Gasteiger partial charge is 0.325 e. The Kier molecular flexibility index (Phi) is 3.66. The molecule has 100 valence electrons. The summed E-state index contributed by atoms with van der Waals surface area (Å²) in [4.78, 5) is 0. The highest BCUT2D eigenvalue weighted by molar-refractivity contribution is 5.18.